The molecule has 298 valence electrons. The molecule has 0 aliphatic heterocycles. The van der Waals surface area contributed by atoms with E-state index in [9.17, 15) is 21.0 Å². The summed E-state index contributed by atoms with van der Waals surface area (Å²) in [5, 5.41) is 43.8. The highest BCUT2D eigenvalue weighted by molar-refractivity contribution is 6.12. The van der Waals surface area contributed by atoms with Crippen LogP contribution in [-0.4, -0.2) is 9.13 Å². The van der Waals surface area contributed by atoms with Crippen LogP contribution in [0.15, 0.2) is 170 Å². The molecule has 0 saturated heterocycles. The third-order valence-electron chi connectivity index (χ3n) is 11.4. The average molecular weight is 821 g/mol. The molecule has 7 aromatic carbocycles. The monoisotopic (exact) mass is 820 g/mol. The first-order valence-corrected chi connectivity index (χ1v) is 19.8. The van der Waals surface area contributed by atoms with E-state index < -0.39 is 11.7 Å². The minimum atomic E-state index is -4.81. The predicted octanol–water partition coefficient (Wildman–Crippen LogP) is 13.9. The van der Waals surface area contributed by atoms with Crippen molar-refractivity contribution >= 4 is 49.2 Å². The van der Waals surface area contributed by atoms with Gasteiger partial charge in [0.15, 0.2) is 0 Å². The molecule has 0 unspecified atom stereocenters. The van der Waals surface area contributed by atoms with Crippen molar-refractivity contribution in [2.24, 2.45) is 0 Å². The average Bonchev–Trinajstić information content (AvgIpc) is 3.82. The molecule has 0 N–H and O–H groups in total. The van der Waals surface area contributed by atoms with Gasteiger partial charge in [-0.3, -0.25) is 0 Å². The van der Waals surface area contributed by atoms with Crippen LogP contribution < -0.4 is 0 Å². The first-order valence-electron chi connectivity index (χ1n) is 19.8. The molecule has 9 rings (SSSR count). The third-order valence-corrected chi connectivity index (χ3v) is 11.4. The normalized spacial score (nSPS) is 11.8. The van der Waals surface area contributed by atoms with E-state index in [0.717, 1.165) is 44.3 Å². The van der Waals surface area contributed by atoms with Crippen LogP contribution in [0.25, 0.3) is 82.8 Å². The van der Waals surface area contributed by atoms with E-state index in [2.05, 4.69) is 24.8 Å². The lowest BCUT2D eigenvalue weighted by Gasteiger charge is -2.20. The van der Waals surface area contributed by atoms with Gasteiger partial charge in [-0.15, -0.1) is 0 Å². The van der Waals surface area contributed by atoms with Crippen LogP contribution >= 0.6 is 0 Å². The van der Waals surface area contributed by atoms with Crippen LogP contribution in [0, 0.1) is 45.3 Å². The molecular formula is C54H31F3N6. The van der Waals surface area contributed by atoms with Crippen molar-refractivity contribution in [2.45, 2.75) is 13.1 Å². The predicted molar refractivity (Wildman–Crippen MR) is 243 cm³/mol. The molecule has 9 heteroatoms. The van der Waals surface area contributed by atoms with Crippen LogP contribution in [-0.2, 0) is 6.18 Å². The van der Waals surface area contributed by atoms with Gasteiger partial charge in [-0.05, 0) is 114 Å². The summed E-state index contributed by atoms with van der Waals surface area (Å²) >= 11 is 0. The maximum absolute atomic E-state index is 15.0. The van der Waals surface area contributed by atoms with Crippen LogP contribution in [0.3, 0.4) is 0 Å². The lowest BCUT2D eigenvalue weighted by Crippen LogP contribution is -2.10. The molecule has 6 nitrogen and oxygen atoms in total. The van der Waals surface area contributed by atoms with Gasteiger partial charge in [-0.25, -0.2) is 0 Å². The Hall–Kier alpha value is -8.89. The number of hydrogen-bond acceptors (Lipinski definition) is 4. The molecule has 9 aromatic rings. The summed E-state index contributed by atoms with van der Waals surface area (Å²) in [5.74, 6) is 0. The molecule has 63 heavy (non-hydrogen) atoms. The summed E-state index contributed by atoms with van der Waals surface area (Å²) in [6.07, 6.45) is 0.355. The summed E-state index contributed by atoms with van der Waals surface area (Å²) in [5.41, 5.74) is 6.51. The Morgan fingerprint density at radius 1 is 0.571 bits per heavy atom. The van der Waals surface area contributed by atoms with Crippen molar-refractivity contribution in [3.63, 3.8) is 0 Å². The number of para-hydroxylation sites is 2. The number of benzene rings is 7. The molecule has 2 aromatic heterocycles. The number of hydrogen-bond donors (Lipinski definition) is 0. The molecule has 0 atom stereocenters. The third kappa shape index (κ3) is 6.68. The lowest BCUT2D eigenvalue weighted by atomic mass is 9.92. The summed E-state index contributed by atoms with van der Waals surface area (Å²) in [6.45, 7) is 6.03. The standard InChI is InChI=1S/C54H31F3N6/c1-3-34(29-58)16-15-33(2)37-21-23-49-43(25-37)41-10-4-6-13-47(41)62(49)51-27-40(53-39(31-60)9-8-12-46(53)54(55,56)57)28-52(45(51)32-61)63-48-14-7-5-11-42(48)44-26-38(22-24-50(44)63)36-19-17-35(30-59)18-20-36/h3-28H,2H2,1H3/b16-15-,34-3+. The fourth-order valence-electron chi connectivity index (χ4n) is 8.48. The number of rotatable bonds is 7. The van der Waals surface area contributed by atoms with Crippen LogP contribution in [0.4, 0.5) is 13.2 Å². The van der Waals surface area contributed by atoms with Gasteiger partial charge in [-0.1, -0.05) is 85.5 Å². The van der Waals surface area contributed by atoms with Crippen molar-refractivity contribution in [3.05, 3.63) is 198 Å². The Morgan fingerprint density at radius 3 is 1.73 bits per heavy atom. The topological polar surface area (TPSA) is 105 Å². The molecular weight excluding hydrogens is 790 g/mol. The van der Waals surface area contributed by atoms with E-state index in [0.29, 0.717) is 50.2 Å². The fraction of sp³-hybridized carbons (Fsp3) is 0.0370. The summed E-state index contributed by atoms with van der Waals surface area (Å²) in [6, 6.07) is 49.7. The zero-order valence-electron chi connectivity index (χ0n) is 33.5. The van der Waals surface area contributed by atoms with Gasteiger partial charge in [0.2, 0.25) is 0 Å². The highest BCUT2D eigenvalue weighted by Crippen LogP contribution is 2.45. The molecule has 0 amide bonds. The summed E-state index contributed by atoms with van der Waals surface area (Å²) in [4.78, 5) is 0. The van der Waals surface area contributed by atoms with Gasteiger partial charge in [-0.2, -0.15) is 34.2 Å². The molecule has 0 aliphatic carbocycles. The quantitative estimate of drug-likeness (QED) is 0.118. The molecule has 0 saturated carbocycles. The zero-order chi connectivity index (χ0) is 44.0. The van der Waals surface area contributed by atoms with E-state index in [-0.39, 0.29) is 22.3 Å². The molecule has 0 aliphatic rings. The minimum Gasteiger partial charge on any atom is -0.308 e. The fourth-order valence-corrected chi connectivity index (χ4v) is 8.48. The molecule has 0 spiro atoms. The van der Waals surface area contributed by atoms with Crippen molar-refractivity contribution in [1.82, 2.24) is 9.13 Å². The number of fused-ring (bicyclic) bond motifs is 6. The zero-order valence-corrected chi connectivity index (χ0v) is 33.5. The van der Waals surface area contributed by atoms with Gasteiger partial charge in [0, 0.05) is 32.7 Å². The number of nitrogens with zero attached hydrogens (tertiary/aromatic N) is 6. The highest BCUT2D eigenvalue weighted by atomic mass is 19.4. The lowest BCUT2D eigenvalue weighted by molar-refractivity contribution is -0.137. The largest absolute Gasteiger partial charge is 0.417 e. The van der Waals surface area contributed by atoms with Crippen molar-refractivity contribution in [1.29, 1.82) is 21.0 Å². The molecule has 0 fully saturated rings. The van der Waals surface area contributed by atoms with Crippen molar-refractivity contribution in [3.8, 4) is 57.9 Å². The number of halogens is 3. The van der Waals surface area contributed by atoms with E-state index in [1.807, 2.05) is 112 Å². The number of aromatic nitrogens is 2. The van der Waals surface area contributed by atoms with Gasteiger partial charge in [0.1, 0.15) is 11.6 Å². The second-order valence-corrected chi connectivity index (χ2v) is 14.9. The number of alkyl halides is 3. The Kier molecular flexibility index (Phi) is 9.81. The first-order chi connectivity index (χ1) is 30.6. The van der Waals surface area contributed by atoms with Gasteiger partial charge < -0.3 is 9.13 Å². The second kappa shape index (κ2) is 15.6. The number of allylic oxidation sites excluding steroid dienone is 5. The Bertz CT molecular complexity index is 3630. The molecule has 0 bridgehead atoms. The van der Waals surface area contributed by atoms with Crippen molar-refractivity contribution < 1.29 is 13.2 Å². The smallest absolute Gasteiger partial charge is 0.308 e. The number of nitriles is 4. The molecule has 0 radical (unpaired) electrons. The maximum Gasteiger partial charge on any atom is 0.417 e. The van der Waals surface area contributed by atoms with Crippen LogP contribution in [0.5, 0.6) is 0 Å². The van der Waals surface area contributed by atoms with E-state index in [1.165, 1.54) is 12.1 Å². The van der Waals surface area contributed by atoms with Crippen LogP contribution in [0.2, 0.25) is 0 Å². The highest BCUT2D eigenvalue weighted by Gasteiger charge is 2.35. The maximum atomic E-state index is 15.0. The van der Waals surface area contributed by atoms with E-state index in [1.54, 1.807) is 49.4 Å². The molecule has 2 heterocycles. The van der Waals surface area contributed by atoms with Gasteiger partial charge in [0.25, 0.3) is 0 Å². The van der Waals surface area contributed by atoms with Crippen molar-refractivity contribution in [2.75, 3.05) is 0 Å². The first kappa shape index (κ1) is 39.6. The minimum absolute atomic E-state index is 0.0990. The van der Waals surface area contributed by atoms with Gasteiger partial charge in [0.05, 0.1) is 68.3 Å². The Labute approximate surface area is 360 Å². The summed E-state index contributed by atoms with van der Waals surface area (Å²) < 4.78 is 48.9. The van der Waals surface area contributed by atoms with E-state index >= 15 is 13.2 Å². The second-order valence-electron chi connectivity index (χ2n) is 14.9. The Morgan fingerprint density at radius 2 is 1.16 bits per heavy atom. The van der Waals surface area contributed by atoms with Crippen LogP contribution in [0.1, 0.15) is 34.7 Å². The Balaban J connectivity index is 1.38. The van der Waals surface area contributed by atoms with E-state index in [4.69, 9.17) is 0 Å². The summed E-state index contributed by atoms with van der Waals surface area (Å²) in [7, 11) is 0. The van der Waals surface area contributed by atoms with Gasteiger partial charge >= 0.3 is 6.18 Å². The SMILES string of the molecule is C=C(/C=C\C(C#N)=C/C)c1ccc2c(c1)c1ccccc1n2-c1cc(-c2c(C#N)cccc2C(F)(F)F)cc(-n2c3ccccc3c3cc(-c4ccc(C#N)cc4)ccc32)c1C#N.